The van der Waals surface area contributed by atoms with Crippen LogP contribution in [0.4, 0.5) is 15.8 Å². The first kappa shape index (κ1) is 22.6. The van der Waals surface area contributed by atoms with Gasteiger partial charge in [0.1, 0.15) is 5.00 Å². The van der Waals surface area contributed by atoms with Crippen LogP contribution in [0.1, 0.15) is 34.1 Å². The van der Waals surface area contributed by atoms with E-state index in [0.717, 1.165) is 22.5 Å². The molecule has 10 heteroatoms. The fourth-order valence-electron chi connectivity index (χ4n) is 3.05. The molecule has 3 rings (SSSR count). The van der Waals surface area contributed by atoms with Crippen LogP contribution < -0.4 is 9.62 Å². The van der Waals surface area contributed by atoms with Gasteiger partial charge in [-0.05, 0) is 55.2 Å². The lowest BCUT2D eigenvalue weighted by atomic mass is 10.0. The average molecular weight is 460 g/mol. The summed E-state index contributed by atoms with van der Waals surface area (Å²) in [5.41, 5.74) is 3.10. The zero-order valence-electron chi connectivity index (χ0n) is 16.9. The summed E-state index contributed by atoms with van der Waals surface area (Å²) in [6.07, 6.45) is 1.25. The third-order valence-corrected chi connectivity index (χ3v) is 6.30. The number of thiazole rings is 1. The number of carboxylic acids is 1. The highest BCUT2D eigenvalue weighted by Crippen LogP contribution is 2.37. The van der Waals surface area contributed by atoms with Gasteiger partial charge in [0.15, 0.2) is 5.13 Å². The third-order valence-electron chi connectivity index (χ3n) is 4.42. The van der Waals surface area contributed by atoms with Gasteiger partial charge in [-0.2, -0.15) is 0 Å². The molecule has 1 amide bonds. The van der Waals surface area contributed by atoms with Crippen LogP contribution in [-0.2, 0) is 28.9 Å². The second-order valence-corrected chi connectivity index (χ2v) is 8.60. The van der Waals surface area contributed by atoms with Gasteiger partial charge >= 0.3 is 5.97 Å². The van der Waals surface area contributed by atoms with Crippen LogP contribution in [0.3, 0.4) is 0 Å². The minimum Gasteiger partial charge on any atom is -0.478 e. The van der Waals surface area contributed by atoms with E-state index in [1.807, 2.05) is 18.2 Å². The topological polar surface area (TPSA) is 120 Å². The van der Waals surface area contributed by atoms with Crippen molar-refractivity contribution in [3.63, 3.8) is 0 Å². The SMILES string of the molecule is CC(=O)Nc1nc(C)c(N(c2cccc(CCc3cccc(C(=O)O)c3)c2)S(=O)O)s1. The van der Waals surface area contributed by atoms with Crippen molar-refractivity contribution >= 4 is 50.3 Å². The van der Waals surface area contributed by atoms with Gasteiger partial charge in [0.05, 0.1) is 16.9 Å². The van der Waals surface area contributed by atoms with E-state index < -0.39 is 17.2 Å². The van der Waals surface area contributed by atoms with E-state index in [9.17, 15) is 18.4 Å². The fourth-order valence-corrected chi connectivity index (χ4v) is 4.86. The number of carbonyl (C=O) groups is 2. The van der Waals surface area contributed by atoms with Crippen LogP contribution in [-0.4, -0.2) is 30.7 Å². The largest absolute Gasteiger partial charge is 0.478 e. The quantitative estimate of drug-likeness (QED) is 0.435. The fraction of sp³-hybridized carbons (Fsp3) is 0.190. The maximum absolute atomic E-state index is 12.1. The lowest BCUT2D eigenvalue weighted by molar-refractivity contribution is -0.114. The summed E-state index contributed by atoms with van der Waals surface area (Å²) >= 11 is -1.23. The molecule has 1 unspecified atom stereocenters. The third kappa shape index (κ3) is 5.75. The van der Waals surface area contributed by atoms with Gasteiger partial charge in [-0.25, -0.2) is 18.3 Å². The Morgan fingerprint density at radius 1 is 1.13 bits per heavy atom. The monoisotopic (exact) mass is 459 g/mol. The second kappa shape index (κ2) is 9.82. The van der Waals surface area contributed by atoms with Crippen LogP contribution in [0.25, 0.3) is 0 Å². The van der Waals surface area contributed by atoms with E-state index in [0.29, 0.717) is 34.4 Å². The van der Waals surface area contributed by atoms with Crippen LogP contribution in [0.5, 0.6) is 0 Å². The molecule has 1 heterocycles. The van der Waals surface area contributed by atoms with Crippen LogP contribution >= 0.6 is 11.3 Å². The Bertz CT molecular complexity index is 1150. The highest BCUT2D eigenvalue weighted by molar-refractivity contribution is 7.81. The van der Waals surface area contributed by atoms with Gasteiger partial charge in [-0.3, -0.25) is 9.35 Å². The summed E-state index contributed by atoms with van der Waals surface area (Å²) in [7, 11) is 0. The number of aryl methyl sites for hydroxylation is 3. The standard InChI is InChI=1S/C21H21N3O5S2/c1-13-19(30-21(22-13)23-14(2)25)24(31(28)29)18-8-4-6-16(12-18)10-9-15-5-3-7-17(11-15)20(26)27/h3-8,11-12H,9-10H2,1-2H3,(H,26,27)(H,28,29)(H,22,23,25). The number of nitrogens with zero attached hydrogens (tertiary/aromatic N) is 2. The highest BCUT2D eigenvalue weighted by atomic mass is 32.2. The molecule has 0 bridgehead atoms. The first-order valence-electron chi connectivity index (χ1n) is 9.32. The second-order valence-electron chi connectivity index (χ2n) is 6.79. The van der Waals surface area contributed by atoms with Crippen molar-refractivity contribution in [1.82, 2.24) is 4.98 Å². The molecular formula is C21H21N3O5S2. The number of hydrogen-bond acceptors (Lipinski definition) is 5. The van der Waals surface area contributed by atoms with Gasteiger partial charge in [-0.15, -0.1) is 0 Å². The predicted molar refractivity (Wildman–Crippen MR) is 121 cm³/mol. The van der Waals surface area contributed by atoms with Crippen molar-refractivity contribution in [1.29, 1.82) is 0 Å². The number of benzene rings is 2. The molecule has 1 aromatic heterocycles. The molecule has 0 aliphatic carbocycles. The molecule has 0 radical (unpaired) electrons. The number of carbonyl (C=O) groups excluding carboxylic acids is 1. The van der Waals surface area contributed by atoms with Crippen molar-refractivity contribution in [2.75, 3.05) is 9.62 Å². The number of hydrogen-bond donors (Lipinski definition) is 3. The molecule has 0 aliphatic heterocycles. The Morgan fingerprint density at radius 3 is 2.39 bits per heavy atom. The molecule has 8 nitrogen and oxygen atoms in total. The van der Waals surface area contributed by atoms with Crippen molar-refractivity contribution in [3.05, 3.63) is 70.9 Å². The summed E-state index contributed by atoms with van der Waals surface area (Å²) < 4.78 is 23.4. The van der Waals surface area contributed by atoms with E-state index in [4.69, 9.17) is 5.11 Å². The lowest BCUT2D eigenvalue weighted by Crippen LogP contribution is -2.19. The van der Waals surface area contributed by atoms with Gasteiger partial charge in [0.25, 0.3) is 11.3 Å². The number of anilines is 3. The normalized spacial score (nSPS) is 11.7. The van der Waals surface area contributed by atoms with Gasteiger partial charge in [0.2, 0.25) is 5.91 Å². The molecule has 0 spiro atoms. The number of carboxylic acid groups (broad SMARTS) is 1. The van der Waals surface area contributed by atoms with Crippen LogP contribution in [0, 0.1) is 6.92 Å². The molecular weight excluding hydrogens is 438 g/mol. The number of amides is 1. The Morgan fingerprint density at radius 2 is 1.77 bits per heavy atom. The van der Waals surface area contributed by atoms with E-state index in [2.05, 4.69) is 10.3 Å². The van der Waals surface area contributed by atoms with E-state index >= 15 is 0 Å². The molecule has 0 fully saturated rings. The summed E-state index contributed by atoms with van der Waals surface area (Å²) in [6, 6.07) is 14.0. The minimum atomic E-state index is -2.35. The number of rotatable bonds is 8. The van der Waals surface area contributed by atoms with Gasteiger partial charge in [-0.1, -0.05) is 35.6 Å². The maximum atomic E-state index is 12.1. The first-order valence-corrected chi connectivity index (χ1v) is 11.2. The Kier molecular flexibility index (Phi) is 7.16. The molecule has 0 saturated heterocycles. The predicted octanol–water partition coefficient (Wildman–Crippen LogP) is 4.17. The van der Waals surface area contributed by atoms with Gasteiger partial charge < -0.3 is 10.4 Å². The highest BCUT2D eigenvalue weighted by Gasteiger charge is 2.22. The lowest BCUT2D eigenvalue weighted by Gasteiger charge is -2.19. The molecule has 2 aromatic carbocycles. The summed E-state index contributed by atoms with van der Waals surface area (Å²) in [4.78, 5) is 26.7. The zero-order chi connectivity index (χ0) is 22.5. The van der Waals surface area contributed by atoms with Crippen molar-refractivity contribution in [3.8, 4) is 0 Å². The number of aromatic carboxylic acids is 1. The number of aromatic nitrogens is 1. The van der Waals surface area contributed by atoms with E-state index in [1.54, 1.807) is 37.3 Å². The van der Waals surface area contributed by atoms with Crippen molar-refractivity contribution < 1.29 is 23.5 Å². The summed E-state index contributed by atoms with van der Waals surface area (Å²) in [5.74, 6) is -1.24. The smallest absolute Gasteiger partial charge is 0.335 e. The van der Waals surface area contributed by atoms with Crippen LogP contribution in [0.15, 0.2) is 48.5 Å². The molecule has 3 aromatic rings. The summed E-state index contributed by atoms with van der Waals surface area (Å²) in [6.45, 7) is 3.07. The van der Waals surface area contributed by atoms with Gasteiger partial charge in [0, 0.05) is 6.92 Å². The van der Waals surface area contributed by atoms with E-state index in [1.165, 1.54) is 11.2 Å². The Balaban J connectivity index is 1.84. The molecule has 31 heavy (non-hydrogen) atoms. The molecule has 1 atom stereocenters. The average Bonchev–Trinajstić information content (AvgIpc) is 3.05. The first-order chi connectivity index (χ1) is 14.7. The molecule has 162 valence electrons. The van der Waals surface area contributed by atoms with Crippen LogP contribution in [0.2, 0.25) is 0 Å². The van der Waals surface area contributed by atoms with E-state index in [-0.39, 0.29) is 11.5 Å². The zero-order valence-corrected chi connectivity index (χ0v) is 18.5. The van der Waals surface area contributed by atoms with Crippen molar-refractivity contribution in [2.24, 2.45) is 0 Å². The Hall–Kier alpha value is -3.08. The minimum absolute atomic E-state index is 0.240. The Labute approximate surface area is 186 Å². The van der Waals surface area contributed by atoms with Crippen molar-refractivity contribution in [2.45, 2.75) is 26.7 Å². The molecule has 3 N–H and O–H groups in total. The summed E-state index contributed by atoms with van der Waals surface area (Å²) in [5, 5.41) is 12.5. The number of nitrogens with one attached hydrogen (secondary N) is 1. The molecule has 0 saturated carbocycles. The maximum Gasteiger partial charge on any atom is 0.335 e. The molecule has 0 aliphatic rings.